The van der Waals surface area contributed by atoms with Gasteiger partial charge in [-0.15, -0.1) is 0 Å². The van der Waals surface area contributed by atoms with Gasteiger partial charge in [0.05, 0.1) is 6.20 Å². The lowest BCUT2D eigenvalue weighted by Gasteiger charge is -2.12. The van der Waals surface area contributed by atoms with Crippen LogP contribution in [0.1, 0.15) is 32.2 Å². The van der Waals surface area contributed by atoms with Crippen molar-refractivity contribution in [2.45, 2.75) is 32.7 Å². The quantitative estimate of drug-likeness (QED) is 0.858. The zero-order valence-corrected chi connectivity index (χ0v) is 10.4. The van der Waals surface area contributed by atoms with Gasteiger partial charge in [-0.05, 0) is 0 Å². The maximum atomic E-state index is 4.45. The van der Waals surface area contributed by atoms with Crippen molar-refractivity contribution in [2.75, 3.05) is 5.32 Å². The maximum Gasteiger partial charge on any atom is 0.202 e. The lowest BCUT2D eigenvalue weighted by Crippen LogP contribution is -2.13. The zero-order chi connectivity index (χ0) is 11.6. The molecule has 2 N–H and O–H groups in total. The molecule has 86 valence electrons. The van der Waals surface area contributed by atoms with E-state index in [-0.39, 0.29) is 5.41 Å². The monoisotopic (exact) mass is 237 g/mol. The zero-order valence-electron chi connectivity index (χ0n) is 9.61. The maximum absolute atomic E-state index is 4.45. The first-order valence-corrected chi connectivity index (χ1v) is 5.89. The van der Waals surface area contributed by atoms with Crippen LogP contribution in [0.3, 0.4) is 0 Å². The molecule has 0 aromatic carbocycles. The number of anilines is 1. The average molecular weight is 237 g/mol. The van der Waals surface area contributed by atoms with Crippen molar-refractivity contribution in [1.29, 1.82) is 0 Å². The van der Waals surface area contributed by atoms with Crippen LogP contribution in [-0.4, -0.2) is 19.6 Å². The Morgan fingerprint density at radius 3 is 2.81 bits per heavy atom. The molecule has 2 heterocycles. The summed E-state index contributed by atoms with van der Waals surface area (Å²) in [5.41, 5.74) is 1.11. The summed E-state index contributed by atoms with van der Waals surface area (Å²) in [4.78, 5) is 4.45. The largest absolute Gasteiger partial charge is 0.356 e. The number of aromatic nitrogens is 4. The van der Waals surface area contributed by atoms with E-state index in [1.165, 1.54) is 11.5 Å². The summed E-state index contributed by atoms with van der Waals surface area (Å²) < 4.78 is 4.33. The number of hydrogen-bond acceptors (Lipinski definition) is 5. The highest BCUT2D eigenvalue weighted by Crippen LogP contribution is 2.23. The van der Waals surface area contributed by atoms with Gasteiger partial charge in [-0.1, -0.05) is 20.8 Å². The molecular weight excluding hydrogens is 222 g/mol. The molecule has 0 saturated heterocycles. The van der Waals surface area contributed by atoms with Gasteiger partial charge in [-0.2, -0.15) is 9.47 Å². The van der Waals surface area contributed by atoms with Crippen LogP contribution in [0.2, 0.25) is 0 Å². The molecule has 0 radical (unpaired) electrons. The smallest absolute Gasteiger partial charge is 0.202 e. The summed E-state index contributed by atoms with van der Waals surface area (Å²) >= 11 is 1.40. The fourth-order valence-corrected chi connectivity index (χ4v) is 1.90. The number of hydrogen-bond donors (Lipinski definition) is 2. The van der Waals surface area contributed by atoms with Gasteiger partial charge in [0.1, 0.15) is 5.82 Å². The molecule has 0 spiro atoms. The molecule has 16 heavy (non-hydrogen) atoms. The first-order chi connectivity index (χ1) is 7.55. The molecule has 0 aliphatic heterocycles. The Bertz CT molecular complexity index is 440. The summed E-state index contributed by atoms with van der Waals surface area (Å²) in [6.45, 7) is 7.04. The second-order valence-corrected chi connectivity index (χ2v) is 5.39. The van der Waals surface area contributed by atoms with Crippen molar-refractivity contribution in [3.8, 4) is 0 Å². The second-order valence-electron chi connectivity index (χ2n) is 4.63. The molecule has 5 nitrogen and oxygen atoms in total. The molecular formula is C10H15N5S. The third-order valence-corrected chi connectivity index (χ3v) is 2.77. The Morgan fingerprint density at radius 1 is 1.44 bits per heavy atom. The van der Waals surface area contributed by atoms with E-state index in [0.717, 1.165) is 23.1 Å². The van der Waals surface area contributed by atoms with Gasteiger partial charge in [0.25, 0.3) is 0 Å². The van der Waals surface area contributed by atoms with E-state index in [4.69, 9.17) is 0 Å². The van der Waals surface area contributed by atoms with Crippen LogP contribution in [0.4, 0.5) is 5.13 Å². The highest BCUT2D eigenvalue weighted by atomic mass is 32.1. The molecule has 0 fully saturated rings. The predicted molar refractivity (Wildman–Crippen MR) is 64.5 cm³/mol. The van der Waals surface area contributed by atoms with Crippen LogP contribution in [-0.2, 0) is 12.0 Å². The number of aromatic amines is 1. The van der Waals surface area contributed by atoms with Crippen molar-refractivity contribution < 1.29 is 0 Å². The molecule has 0 atom stereocenters. The molecule has 0 aliphatic carbocycles. The Kier molecular flexibility index (Phi) is 2.91. The van der Waals surface area contributed by atoms with Gasteiger partial charge in [-0.3, -0.25) is 5.10 Å². The highest BCUT2D eigenvalue weighted by Gasteiger charge is 2.19. The molecule has 6 heteroatoms. The molecule has 0 aliphatic rings. The van der Waals surface area contributed by atoms with Crippen LogP contribution in [0, 0.1) is 0 Å². The standard InChI is InChI=1S/C10H15N5S/c1-10(2,3)8-14-9(16-15-8)11-4-7-5-12-13-6-7/h5-6H,4H2,1-3H3,(H,12,13)(H,11,14,15). The lowest BCUT2D eigenvalue weighted by molar-refractivity contribution is 0.555. The summed E-state index contributed by atoms with van der Waals surface area (Å²) in [6.07, 6.45) is 3.65. The van der Waals surface area contributed by atoms with E-state index in [9.17, 15) is 0 Å². The summed E-state index contributed by atoms with van der Waals surface area (Å²) in [6, 6.07) is 0. The summed E-state index contributed by atoms with van der Waals surface area (Å²) in [7, 11) is 0. The van der Waals surface area contributed by atoms with Crippen LogP contribution in [0.15, 0.2) is 12.4 Å². The van der Waals surface area contributed by atoms with Gasteiger partial charge in [-0.25, -0.2) is 4.98 Å². The van der Waals surface area contributed by atoms with E-state index >= 15 is 0 Å². The van der Waals surface area contributed by atoms with Crippen LogP contribution >= 0.6 is 11.5 Å². The van der Waals surface area contributed by atoms with Crippen molar-refractivity contribution in [3.05, 3.63) is 23.8 Å². The molecule has 0 bridgehead atoms. The Labute approximate surface area is 98.5 Å². The first kappa shape index (κ1) is 11.1. The third kappa shape index (κ3) is 2.57. The number of H-pyrrole nitrogens is 1. The van der Waals surface area contributed by atoms with Gasteiger partial charge in [0, 0.05) is 35.3 Å². The van der Waals surface area contributed by atoms with Crippen LogP contribution < -0.4 is 5.32 Å². The Balaban J connectivity index is 1.98. The first-order valence-electron chi connectivity index (χ1n) is 5.11. The van der Waals surface area contributed by atoms with E-state index < -0.39 is 0 Å². The third-order valence-electron chi connectivity index (χ3n) is 2.10. The topological polar surface area (TPSA) is 66.5 Å². The summed E-state index contributed by atoms with van der Waals surface area (Å²) in [5, 5.41) is 10.7. The normalized spacial score (nSPS) is 11.7. The minimum atomic E-state index is 0.00602. The molecule has 0 amide bonds. The SMILES string of the molecule is CC(C)(C)c1nsc(NCc2cn[nH]c2)n1. The van der Waals surface area contributed by atoms with E-state index in [1.807, 2.05) is 6.20 Å². The number of nitrogens with zero attached hydrogens (tertiary/aromatic N) is 3. The number of nitrogens with one attached hydrogen (secondary N) is 2. The Hall–Kier alpha value is -1.43. The predicted octanol–water partition coefficient (Wildman–Crippen LogP) is 2.17. The molecule has 2 aromatic rings. The van der Waals surface area contributed by atoms with Crippen molar-refractivity contribution >= 4 is 16.7 Å². The van der Waals surface area contributed by atoms with Gasteiger partial charge < -0.3 is 5.32 Å². The van der Waals surface area contributed by atoms with E-state index in [0.29, 0.717) is 0 Å². The van der Waals surface area contributed by atoms with Crippen molar-refractivity contribution in [2.24, 2.45) is 0 Å². The van der Waals surface area contributed by atoms with Crippen molar-refractivity contribution in [1.82, 2.24) is 19.6 Å². The van der Waals surface area contributed by atoms with Gasteiger partial charge >= 0.3 is 0 Å². The second kappa shape index (κ2) is 4.21. The highest BCUT2D eigenvalue weighted by molar-refractivity contribution is 7.09. The molecule has 0 saturated carbocycles. The lowest BCUT2D eigenvalue weighted by atomic mass is 9.96. The van der Waals surface area contributed by atoms with E-state index in [1.54, 1.807) is 6.20 Å². The van der Waals surface area contributed by atoms with Gasteiger partial charge in [0.15, 0.2) is 0 Å². The molecule has 2 rings (SSSR count). The molecule has 0 unspecified atom stereocenters. The van der Waals surface area contributed by atoms with Gasteiger partial charge in [0.2, 0.25) is 5.13 Å². The summed E-state index contributed by atoms with van der Waals surface area (Å²) in [5.74, 6) is 0.882. The Morgan fingerprint density at radius 2 is 2.25 bits per heavy atom. The van der Waals surface area contributed by atoms with E-state index in [2.05, 4.69) is 45.6 Å². The average Bonchev–Trinajstić information content (AvgIpc) is 2.85. The minimum Gasteiger partial charge on any atom is -0.356 e. The fourth-order valence-electron chi connectivity index (χ4n) is 1.15. The van der Waals surface area contributed by atoms with Crippen LogP contribution in [0.5, 0.6) is 0 Å². The van der Waals surface area contributed by atoms with Crippen LogP contribution in [0.25, 0.3) is 0 Å². The fraction of sp³-hybridized carbons (Fsp3) is 0.500. The molecule has 2 aromatic heterocycles. The van der Waals surface area contributed by atoms with Crippen molar-refractivity contribution in [3.63, 3.8) is 0 Å². The number of rotatable bonds is 3. The minimum absolute atomic E-state index is 0.00602.